The van der Waals surface area contributed by atoms with Crippen LogP contribution in [0.2, 0.25) is 0 Å². The minimum Gasteiger partial charge on any atom is -0.496 e. The van der Waals surface area contributed by atoms with E-state index in [0.29, 0.717) is 29.4 Å². The molecule has 0 bridgehead atoms. The molecule has 0 saturated carbocycles. The lowest BCUT2D eigenvalue weighted by Gasteiger charge is -2.36. The highest BCUT2D eigenvalue weighted by atomic mass is 32.1. The monoisotopic (exact) mass is 418 g/mol. The lowest BCUT2D eigenvalue weighted by molar-refractivity contribution is 0.0911. The first-order valence-electron chi connectivity index (χ1n) is 9.93. The van der Waals surface area contributed by atoms with Crippen LogP contribution in [-0.4, -0.2) is 51.8 Å². The van der Waals surface area contributed by atoms with Crippen LogP contribution in [0.1, 0.15) is 41.0 Å². The largest absolute Gasteiger partial charge is 0.496 e. The maximum Gasteiger partial charge on any atom is 0.255 e. The molecule has 0 unspecified atom stereocenters. The number of nitrogens with one attached hydrogen (secondary N) is 1. The number of methoxy groups -OCH3 is 3. The van der Waals surface area contributed by atoms with Crippen molar-refractivity contribution in [3.8, 4) is 17.2 Å². The molecule has 158 valence electrons. The number of benzene rings is 1. The summed E-state index contributed by atoms with van der Waals surface area (Å²) in [6.45, 7) is 4.96. The minimum atomic E-state index is -0.185. The molecule has 1 N–H and O–H groups in total. The van der Waals surface area contributed by atoms with Crippen molar-refractivity contribution in [3.05, 3.63) is 40.1 Å². The molecule has 3 rings (SSSR count). The number of ether oxygens (including phenoxy) is 3. The van der Waals surface area contributed by atoms with Crippen LogP contribution in [0, 0.1) is 5.92 Å². The Morgan fingerprint density at radius 1 is 1.14 bits per heavy atom. The molecule has 1 aliphatic heterocycles. The van der Waals surface area contributed by atoms with Crippen molar-refractivity contribution in [3.63, 3.8) is 0 Å². The molecule has 1 fully saturated rings. The molecule has 7 heteroatoms. The van der Waals surface area contributed by atoms with Gasteiger partial charge in [0, 0.05) is 23.6 Å². The van der Waals surface area contributed by atoms with Gasteiger partial charge in [-0.3, -0.25) is 9.69 Å². The Hall–Kier alpha value is -2.25. The van der Waals surface area contributed by atoms with Gasteiger partial charge in [-0.05, 0) is 43.3 Å². The molecule has 1 aromatic carbocycles. The SMILES string of the molecule is COc1cc(OC)c(C(=O)NC[C@@H](c2cccs2)N2CCC(C)CC2)cc1OC. The van der Waals surface area contributed by atoms with E-state index in [2.05, 4.69) is 34.7 Å². The van der Waals surface area contributed by atoms with Gasteiger partial charge in [-0.25, -0.2) is 0 Å². The maximum absolute atomic E-state index is 13.0. The quantitative estimate of drug-likeness (QED) is 0.703. The predicted molar refractivity (Wildman–Crippen MR) is 115 cm³/mol. The second-order valence-electron chi connectivity index (χ2n) is 7.37. The highest BCUT2D eigenvalue weighted by Crippen LogP contribution is 2.35. The average molecular weight is 419 g/mol. The van der Waals surface area contributed by atoms with Gasteiger partial charge in [0.05, 0.1) is 32.9 Å². The zero-order valence-electron chi connectivity index (χ0n) is 17.6. The van der Waals surface area contributed by atoms with E-state index in [0.717, 1.165) is 19.0 Å². The van der Waals surface area contributed by atoms with Crippen LogP contribution in [0.3, 0.4) is 0 Å². The summed E-state index contributed by atoms with van der Waals surface area (Å²) in [6.07, 6.45) is 2.39. The van der Waals surface area contributed by atoms with Crippen LogP contribution in [0.5, 0.6) is 17.2 Å². The molecule has 0 radical (unpaired) electrons. The topological polar surface area (TPSA) is 60.0 Å². The molecule has 1 saturated heterocycles. The predicted octanol–water partition coefficient (Wildman–Crippen LogP) is 3.98. The van der Waals surface area contributed by atoms with E-state index in [1.807, 2.05) is 0 Å². The first-order valence-corrected chi connectivity index (χ1v) is 10.8. The van der Waals surface area contributed by atoms with Crippen molar-refractivity contribution in [2.75, 3.05) is 41.0 Å². The smallest absolute Gasteiger partial charge is 0.255 e. The first kappa shape index (κ1) is 21.5. The van der Waals surface area contributed by atoms with Gasteiger partial charge in [0.1, 0.15) is 5.75 Å². The molecule has 0 spiro atoms. The maximum atomic E-state index is 13.0. The third-order valence-electron chi connectivity index (χ3n) is 5.54. The van der Waals surface area contributed by atoms with E-state index < -0.39 is 0 Å². The second-order valence-corrected chi connectivity index (χ2v) is 8.35. The zero-order chi connectivity index (χ0) is 20.8. The molecule has 1 amide bonds. The fourth-order valence-corrected chi connectivity index (χ4v) is 4.58. The van der Waals surface area contributed by atoms with Crippen LogP contribution < -0.4 is 19.5 Å². The number of rotatable bonds is 8. The minimum absolute atomic E-state index is 0.178. The van der Waals surface area contributed by atoms with Gasteiger partial charge < -0.3 is 19.5 Å². The third-order valence-corrected chi connectivity index (χ3v) is 6.51. The lowest BCUT2D eigenvalue weighted by atomic mass is 9.97. The highest BCUT2D eigenvalue weighted by molar-refractivity contribution is 7.10. The van der Waals surface area contributed by atoms with Crippen LogP contribution in [0.25, 0.3) is 0 Å². The average Bonchev–Trinajstić information content (AvgIpc) is 3.28. The van der Waals surface area contributed by atoms with Gasteiger partial charge in [-0.2, -0.15) is 0 Å². The summed E-state index contributed by atoms with van der Waals surface area (Å²) in [5.41, 5.74) is 0.433. The van der Waals surface area contributed by atoms with Crippen LogP contribution in [0.15, 0.2) is 29.6 Å². The van der Waals surface area contributed by atoms with Gasteiger partial charge in [0.15, 0.2) is 11.5 Å². The molecule has 1 aliphatic rings. The number of thiophene rings is 1. The van der Waals surface area contributed by atoms with Gasteiger partial charge >= 0.3 is 0 Å². The summed E-state index contributed by atoms with van der Waals surface area (Å²) < 4.78 is 16.1. The van der Waals surface area contributed by atoms with Gasteiger partial charge in [0.25, 0.3) is 5.91 Å². The van der Waals surface area contributed by atoms with Gasteiger partial charge in [-0.15, -0.1) is 11.3 Å². The van der Waals surface area contributed by atoms with Crippen molar-refractivity contribution in [1.82, 2.24) is 10.2 Å². The molecule has 2 heterocycles. The third kappa shape index (κ3) is 5.03. The number of piperidine rings is 1. The molecular formula is C22H30N2O4S. The van der Waals surface area contributed by atoms with Crippen LogP contribution in [-0.2, 0) is 0 Å². The van der Waals surface area contributed by atoms with Gasteiger partial charge in [0.2, 0.25) is 0 Å². The van der Waals surface area contributed by atoms with Crippen molar-refractivity contribution >= 4 is 17.2 Å². The van der Waals surface area contributed by atoms with Crippen LogP contribution in [0.4, 0.5) is 0 Å². The molecule has 1 aromatic heterocycles. The van der Waals surface area contributed by atoms with Crippen molar-refractivity contribution < 1.29 is 19.0 Å². The van der Waals surface area contributed by atoms with E-state index in [9.17, 15) is 4.79 Å². The Kier molecular flexibility index (Phi) is 7.39. The number of carbonyl (C=O) groups is 1. The Bertz CT molecular complexity index is 801. The fourth-order valence-electron chi connectivity index (χ4n) is 3.72. The molecule has 6 nitrogen and oxygen atoms in total. The normalized spacial score (nSPS) is 16.3. The summed E-state index contributed by atoms with van der Waals surface area (Å²) in [5.74, 6) is 2.06. The number of carbonyl (C=O) groups excluding carboxylic acids is 1. The van der Waals surface area contributed by atoms with Crippen LogP contribution >= 0.6 is 11.3 Å². The molecule has 1 atom stereocenters. The Morgan fingerprint density at radius 3 is 2.38 bits per heavy atom. The second kappa shape index (κ2) is 9.98. The Morgan fingerprint density at radius 2 is 1.79 bits per heavy atom. The Labute approximate surface area is 176 Å². The van der Waals surface area contributed by atoms with Crippen molar-refractivity contribution in [2.45, 2.75) is 25.8 Å². The zero-order valence-corrected chi connectivity index (χ0v) is 18.4. The lowest BCUT2D eigenvalue weighted by Crippen LogP contribution is -2.41. The molecule has 2 aromatic rings. The van der Waals surface area contributed by atoms with E-state index >= 15 is 0 Å². The summed E-state index contributed by atoms with van der Waals surface area (Å²) in [7, 11) is 4.65. The number of nitrogens with zero attached hydrogens (tertiary/aromatic N) is 1. The van der Waals surface area contributed by atoms with E-state index in [4.69, 9.17) is 14.2 Å². The number of hydrogen-bond donors (Lipinski definition) is 1. The first-order chi connectivity index (χ1) is 14.1. The summed E-state index contributed by atoms with van der Waals surface area (Å²) >= 11 is 1.74. The fraction of sp³-hybridized carbons (Fsp3) is 0.500. The summed E-state index contributed by atoms with van der Waals surface area (Å²) in [5, 5.41) is 5.20. The van der Waals surface area contributed by atoms with E-state index in [1.165, 1.54) is 17.7 Å². The van der Waals surface area contributed by atoms with E-state index in [-0.39, 0.29) is 11.9 Å². The Balaban J connectivity index is 1.76. The molecule has 0 aliphatic carbocycles. The summed E-state index contributed by atoms with van der Waals surface area (Å²) in [6, 6.07) is 7.74. The van der Waals surface area contributed by atoms with E-state index in [1.54, 1.807) is 44.8 Å². The molecule has 29 heavy (non-hydrogen) atoms. The standard InChI is InChI=1S/C22H30N2O4S/c1-15-7-9-24(10-8-15)17(21-6-5-11-29-21)14-23-22(25)16-12-19(27-3)20(28-4)13-18(16)26-2/h5-6,11-13,15,17H,7-10,14H2,1-4H3,(H,23,25)/t17-/m0/s1. The van der Waals surface area contributed by atoms with Crippen molar-refractivity contribution in [1.29, 1.82) is 0 Å². The molecular weight excluding hydrogens is 388 g/mol. The number of likely N-dealkylation sites (tertiary alicyclic amines) is 1. The van der Waals surface area contributed by atoms with Gasteiger partial charge in [-0.1, -0.05) is 13.0 Å². The number of amides is 1. The van der Waals surface area contributed by atoms with Crippen molar-refractivity contribution in [2.24, 2.45) is 5.92 Å². The number of hydrogen-bond acceptors (Lipinski definition) is 6. The summed E-state index contributed by atoms with van der Waals surface area (Å²) in [4.78, 5) is 16.8. The highest BCUT2D eigenvalue weighted by Gasteiger charge is 2.26.